The lowest BCUT2D eigenvalue weighted by atomic mass is 10.1. The molecule has 1 atom stereocenters. The van der Waals surface area contributed by atoms with Gasteiger partial charge in [-0.1, -0.05) is 29.8 Å². The van der Waals surface area contributed by atoms with Crippen molar-refractivity contribution in [2.24, 2.45) is 5.73 Å². The molecule has 1 aromatic rings. The van der Waals surface area contributed by atoms with E-state index in [0.717, 1.165) is 6.42 Å². The third-order valence-corrected chi connectivity index (χ3v) is 2.37. The van der Waals surface area contributed by atoms with Crippen molar-refractivity contribution in [1.82, 2.24) is 5.32 Å². The van der Waals surface area contributed by atoms with E-state index in [0.29, 0.717) is 6.54 Å². The third kappa shape index (κ3) is 4.00. The fraction of sp³-hybridized carbons (Fsp3) is 0.417. The standard InChI is InChI=1S/C12H18N2O2/c1-9-2-4-10(5-3-9)6-7-14-12(16)11(13)8-15/h2-5,11,15H,6-8,13H2,1H3,(H,14,16). The van der Waals surface area contributed by atoms with Gasteiger partial charge in [0, 0.05) is 6.54 Å². The predicted molar refractivity (Wildman–Crippen MR) is 63.0 cm³/mol. The minimum absolute atomic E-state index is 0.311. The number of nitrogens with two attached hydrogens (primary N) is 1. The Kier molecular flexibility index (Phi) is 4.95. The molecule has 1 unspecified atom stereocenters. The minimum Gasteiger partial charge on any atom is -0.394 e. The van der Waals surface area contributed by atoms with Crippen molar-refractivity contribution in [2.75, 3.05) is 13.2 Å². The second-order valence-corrected chi connectivity index (χ2v) is 3.82. The predicted octanol–water partition coefficient (Wildman–Crippen LogP) is -0.0267. The largest absolute Gasteiger partial charge is 0.394 e. The SMILES string of the molecule is Cc1ccc(CCNC(=O)C(N)CO)cc1. The van der Waals surface area contributed by atoms with E-state index in [-0.39, 0.29) is 12.5 Å². The van der Waals surface area contributed by atoms with Crippen molar-refractivity contribution in [3.63, 3.8) is 0 Å². The van der Waals surface area contributed by atoms with Gasteiger partial charge in [0.2, 0.25) is 5.91 Å². The van der Waals surface area contributed by atoms with E-state index >= 15 is 0 Å². The molecule has 0 radical (unpaired) electrons. The molecular formula is C12H18N2O2. The van der Waals surface area contributed by atoms with E-state index in [2.05, 4.69) is 5.32 Å². The number of hydrogen-bond acceptors (Lipinski definition) is 3. The Balaban J connectivity index is 2.30. The van der Waals surface area contributed by atoms with Crippen LogP contribution in [0.25, 0.3) is 0 Å². The quantitative estimate of drug-likeness (QED) is 0.655. The van der Waals surface area contributed by atoms with Gasteiger partial charge in [-0.25, -0.2) is 0 Å². The van der Waals surface area contributed by atoms with Crippen LogP contribution in [0.15, 0.2) is 24.3 Å². The van der Waals surface area contributed by atoms with Crippen LogP contribution >= 0.6 is 0 Å². The fourth-order valence-corrected chi connectivity index (χ4v) is 1.30. The van der Waals surface area contributed by atoms with Gasteiger partial charge in [-0.2, -0.15) is 0 Å². The van der Waals surface area contributed by atoms with Crippen molar-refractivity contribution in [3.8, 4) is 0 Å². The highest BCUT2D eigenvalue weighted by atomic mass is 16.3. The van der Waals surface area contributed by atoms with Crippen LogP contribution in [-0.2, 0) is 11.2 Å². The number of carbonyl (C=O) groups excluding carboxylic acids is 1. The lowest BCUT2D eigenvalue weighted by molar-refractivity contribution is -0.123. The summed E-state index contributed by atoms with van der Waals surface area (Å²) in [6.07, 6.45) is 0.768. The lowest BCUT2D eigenvalue weighted by Crippen LogP contribution is -2.43. The van der Waals surface area contributed by atoms with Crippen LogP contribution in [0, 0.1) is 6.92 Å². The number of nitrogens with one attached hydrogen (secondary N) is 1. The maximum absolute atomic E-state index is 11.2. The molecule has 0 heterocycles. The van der Waals surface area contributed by atoms with Crippen LogP contribution in [0.3, 0.4) is 0 Å². The smallest absolute Gasteiger partial charge is 0.239 e. The van der Waals surface area contributed by atoms with Crippen LogP contribution in [0.4, 0.5) is 0 Å². The molecule has 4 N–H and O–H groups in total. The molecular weight excluding hydrogens is 204 g/mol. The Morgan fingerprint density at radius 3 is 2.62 bits per heavy atom. The number of aryl methyl sites for hydroxylation is 1. The van der Waals surface area contributed by atoms with Crippen LogP contribution in [0.5, 0.6) is 0 Å². The Morgan fingerprint density at radius 1 is 1.44 bits per heavy atom. The monoisotopic (exact) mass is 222 g/mol. The van der Waals surface area contributed by atoms with E-state index in [1.165, 1.54) is 11.1 Å². The molecule has 0 fully saturated rings. The first-order valence-corrected chi connectivity index (χ1v) is 5.33. The molecule has 88 valence electrons. The summed E-state index contributed by atoms with van der Waals surface area (Å²) in [5, 5.41) is 11.3. The molecule has 0 bridgehead atoms. The van der Waals surface area contributed by atoms with Gasteiger partial charge in [0.15, 0.2) is 0 Å². The van der Waals surface area contributed by atoms with Crippen molar-refractivity contribution in [2.45, 2.75) is 19.4 Å². The van der Waals surface area contributed by atoms with Crippen molar-refractivity contribution in [1.29, 1.82) is 0 Å². The van der Waals surface area contributed by atoms with Gasteiger partial charge in [0.1, 0.15) is 6.04 Å². The zero-order valence-electron chi connectivity index (χ0n) is 9.44. The molecule has 16 heavy (non-hydrogen) atoms. The number of aliphatic hydroxyl groups excluding tert-OH is 1. The van der Waals surface area contributed by atoms with E-state index in [4.69, 9.17) is 10.8 Å². The van der Waals surface area contributed by atoms with E-state index in [1.54, 1.807) is 0 Å². The summed E-state index contributed by atoms with van der Waals surface area (Å²) in [7, 11) is 0. The molecule has 0 saturated heterocycles. The van der Waals surface area contributed by atoms with Gasteiger partial charge in [-0.3, -0.25) is 4.79 Å². The van der Waals surface area contributed by atoms with Crippen molar-refractivity contribution >= 4 is 5.91 Å². The highest BCUT2D eigenvalue weighted by molar-refractivity contribution is 5.81. The molecule has 0 aromatic heterocycles. The first-order valence-electron chi connectivity index (χ1n) is 5.33. The van der Waals surface area contributed by atoms with Crippen molar-refractivity contribution in [3.05, 3.63) is 35.4 Å². The first-order chi connectivity index (χ1) is 7.63. The Hall–Kier alpha value is -1.39. The summed E-state index contributed by atoms with van der Waals surface area (Å²) >= 11 is 0. The van der Waals surface area contributed by atoms with Crippen LogP contribution in [0.2, 0.25) is 0 Å². The summed E-state index contributed by atoms with van der Waals surface area (Å²) in [5.74, 6) is -0.311. The summed E-state index contributed by atoms with van der Waals surface area (Å²) in [4.78, 5) is 11.2. The fourth-order valence-electron chi connectivity index (χ4n) is 1.30. The summed E-state index contributed by atoms with van der Waals surface area (Å²) in [6, 6.07) is 7.33. The second-order valence-electron chi connectivity index (χ2n) is 3.82. The molecule has 0 aliphatic heterocycles. The summed E-state index contributed by atoms with van der Waals surface area (Å²) < 4.78 is 0. The molecule has 0 aliphatic carbocycles. The number of aliphatic hydroxyl groups is 1. The zero-order chi connectivity index (χ0) is 12.0. The van der Waals surface area contributed by atoms with E-state index in [1.807, 2.05) is 31.2 Å². The van der Waals surface area contributed by atoms with Crippen LogP contribution in [0.1, 0.15) is 11.1 Å². The maximum atomic E-state index is 11.2. The van der Waals surface area contributed by atoms with Gasteiger partial charge < -0.3 is 16.2 Å². The first kappa shape index (κ1) is 12.7. The summed E-state index contributed by atoms with van der Waals surface area (Å²) in [5.41, 5.74) is 7.74. The third-order valence-electron chi connectivity index (χ3n) is 2.37. The van der Waals surface area contributed by atoms with E-state index < -0.39 is 6.04 Å². The van der Waals surface area contributed by atoms with Gasteiger partial charge in [0.25, 0.3) is 0 Å². The highest BCUT2D eigenvalue weighted by Crippen LogP contribution is 2.02. The molecule has 0 saturated carbocycles. The molecule has 1 amide bonds. The maximum Gasteiger partial charge on any atom is 0.239 e. The number of rotatable bonds is 5. The average molecular weight is 222 g/mol. The molecule has 4 nitrogen and oxygen atoms in total. The summed E-state index contributed by atoms with van der Waals surface area (Å²) in [6.45, 7) is 2.25. The number of hydrogen-bond donors (Lipinski definition) is 3. The topological polar surface area (TPSA) is 75.4 Å². The number of amides is 1. The Morgan fingerprint density at radius 2 is 2.06 bits per heavy atom. The molecule has 1 aromatic carbocycles. The Bertz CT molecular complexity index is 335. The highest BCUT2D eigenvalue weighted by Gasteiger charge is 2.10. The van der Waals surface area contributed by atoms with E-state index in [9.17, 15) is 4.79 Å². The normalized spacial score (nSPS) is 12.2. The molecule has 1 rings (SSSR count). The van der Waals surface area contributed by atoms with Gasteiger partial charge in [-0.05, 0) is 18.9 Å². The molecule has 0 spiro atoms. The number of benzene rings is 1. The zero-order valence-corrected chi connectivity index (χ0v) is 9.44. The second kappa shape index (κ2) is 6.25. The average Bonchev–Trinajstić information content (AvgIpc) is 2.30. The Labute approximate surface area is 95.5 Å². The van der Waals surface area contributed by atoms with Gasteiger partial charge in [-0.15, -0.1) is 0 Å². The minimum atomic E-state index is -0.821. The van der Waals surface area contributed by atoms with Crippen LogP contribution < -0.4 is 11.1 Å². The number of carbonyl (C=O) groups is 1. The molecule has 4 heteroatoms. The van der Waals surface area contributed by atoms with Crippen molar-refractivity contribution < 1.29 is 9.90 Å². The molecule has 0 aliphatic rings. The lowest BCUT2D eigenvalue weighted by Gasteiger charge is -2.09. The van der Waals surface area contributed by atoms with Crippen LogP contribution in [-0.4, -0.2) is 30.2 Å². The van der Waals surface area contributed by atoms with Gasteiger partial charge in [0.05, 0.1) is 6.61 Å². The van der Waals surface area contributed by atoms with Gasteiger partial charge >= 0.3 is 0 Å².